The first kappa shape index (κ1) is 27.4. The number of para-hydroxylation sites is 1. The van der Waals surface area contributed by atoms with Crippen LogP contribution < -0.4 is 5.32 Å². The molecule has 0 unspecified atom stereocenters. The van der Waals surface area contributed by atoms with Crippen LogP contribution in [0.3, 0.4) is 0 Å². The number of thioether (sulfide) groups is 1. The summed E-state index contributed by atoms with van der Waals surface area (Å²) in [6.45, 7) is 2.09. The van der Waals surface area contributed by atoms with Crippen molar-refractivity contribution >= 4 is 51.3 Å². The highest BCUT2D eigenvalue weighted by atomic mass is 32.2. The molecule has 0 fully saturated rings. The zero-order chi connectivity index (χ0) is 28.2. The molecule has 208 valence electrons. The van der Waals surface area contributed by atoms with E-state index in [0.717, 1.165) is 58.4 Å². The second kappa shape index (κ2) is 12.4. The number of nitrogens with one attached hydrogen (secondary N) is 1. The van der Waals surface area contributed by atoms with Gasteiger partial charge in [-0.1, -0.05) is 48.2 Å². The second-order valence-corrected chi connectivity index (χ2v) is 12.5. The number of amides is 1. The van der Waals surface area contributed by atoms with Crippen molar-refractivity contribution in [2.24, 2.45) is 0 Å². The van der Waals surface area contributed by atoms with Gasteiger partial charge < -0.3 is 10.1 Å². The molecule has 7 nitrogen and oxygen atoms in total. The van der Waals surface area contributed by atoms with Gasteiger partial charge in [-0.25, -0.2) is 4.79 Å². The number of carbonyl (C=O) groups is 2. The number of fused-ring (bicyclic) bond motifs is 1. The summed E-state index contributed by atoms with van der Waals surface area (Å²) in [4.78, 5) is 28.2. The molecule has 0 saturated carbocycles. The first-order valence-electron chi connectivity index (χ1n) is 13.5. The van der Waals surface area contributed by atoms with Crippen molar-refractivity contribution in [2.45, 2.75) is 43.5 Å². The minimum Gasteiger partial charge on any atom is -0.462 e. The van der Waals surface area contributed by atoms with Crippen molar-refractivity contribution in [2.75, 3.05) is 11.9 Å². The van der Waals surface area contributed by atoms with Crippen molar-refractivity contribution in [3.63, 3.8) is 0 Å². The number of hydrogen-bond acceptors (Lipinski definition) is 8. The minimum absolute atomic E-state index is 0.238. The van der Waals surface area contributed by atoms with E-state index in [9.17, 15) is 9.59 Å². The molecular formula is C31H28N4O3S3. The molecule has 0 radical (unpaired) electrons. The molecule has 10 heteroatoms. The van der Waals surface area contributed by atoms with Gasteiger partial charge >= 0.3 is 5.97 Å². The molecule has 3 heterocycles. The van der Waals surface area contributed by atoms with Gasteiger partial charge in [-0.05, 0) is 79.4 Å². The highest BCUT2D eigenvalue weighted by molar-refractivity contribution is 7.98. The lowest BCUT2D eigenvalue weighted by Crippen LogP contribution is -2.15. The Balaban J connectivity index is 1.17. The number of hydrogen-bond donors (Lipinski definition) is 1. The van der Waals surface area contributed by atoms with Crippen molar-refractivity contribution < 1.29 is 14.3 Å². The maximum Gasteiger partial charge on any atom is 0.341 e. The maximum absolute atomic E-state index is 13.2. The number of ether oxygens (including phenoxy) is 1. The normalized spacial score (nSPS) is 12.6. The number of esters is 1. The van der Waals surface area contributed by atoms with E-state index in [1.807, 2.05) is 60.0 Å². The van der Waals surface area contributed by atoms with Crippen LogP contribution >= 0.6 is 34.4 Å². The van der Waals surface area contributed by atoms with E-state index < -0.39 is 0 Å². The molecule has 0 atom stereocenters. The molecule has 1 N–H and O–H groups in total. The third-order valence-corrected chi connectivity index (χ3v) is 9.92. The van der Waals surface area contributed by atoms with Gasteiger partial charge in [0, 0.05) is 21.9 Å². The summed E-state index contributed by atoms with van der Waals surface area (Å²) in [5.74, 6) is 0.887. The molecule has 0 spiro atoms. The number of thiophene rings is 2. The van der Waals surface area contributed by atoms with Gasteiger partial charge in [-0.15, -0.1) is 32.9 Å². The van der Waals surface area contributed by atoms with E-state index in [0.29, 0.717) is 28.5 Å². The van der Waals surface area contributed by atoms with Gasteiger partial charge in [-0.3, -0.25) is 9.36 Å². The largest absolute Gasteiger partial charge is 0.462 e. The van der Waals surface area contributed by atoms with Crippen molar-refractivity contribution in [1.82, 2.24) is 14.8 Å². The number of carbonyl (C=O) groups excluding carboxylic acids is 2. The molecule has 1 aliphatic rings. The van der Waals surface area contributed by atoms with Crippen LogP contribution in [0.25, 0.3) is 16.4 Å². The molecule has 1 aliphatic carbocycles. The zero-order valence-electron chi connectivity index (χ0n) is 22.5. The number of aryl methyl sites for hydroxylation is 1. The summed E-state index contributed by atoms with van der Waals surface area (Å²) in [5.41, 5.74) is 4.16. The van der Waals surface area contributed by atoms with Gasteiger partial charge in [0.1, 0.15) is 5.00 Å². The predicted molar refractivity (Wildman–Crippen MR) is 166 cm³/mol. The first-order valence-corrected chi connectivity index (χ1v) is 16.2. The number of anilines is 1. The molecule has 0 bridgehead atoms. The summed E-state index contributed by atoms with van der Waals surface area (Å²) < 4.78 is 7.41. The van der Waals surface area contributed by atoms with Gasteiger partial charge in [0.2, 0.25) is 0 Å². The van der Waals surface area contributed by atoms with Crippen LogP contribution in [0, 0.1) is 0 Å². The Kier molecular flexibility index (Phi) is 8.31. The molecule has 0 saturated heterocycles. The number of rotatable bonds is 9. The fourth-order valence-corrected chi connectivity index (χ4v) is 7.77. The lowest BCUT2D eigenvalue weighted by atomic mass is 9.95. The molecule has 41 heavy (non-hydrogen) atoms. The number of nitrogens with zero attached hydrogens (tertiary/aromatic N) is 3. The minimum atomic E-state index is -0.361. The summed E-state index contributed by atoms with van der Waals surface area (Å²) in [6, 6.07) is 21.7. The van der Waals surface area contributed by atoms with Crippen LogP contribution in [-0.2, 0) is 23.3 Å². The fourth-order valence-electron chi connectivity index (χ4n) is 4.89. The number of benzene rings is 2. The van der Waals surface area contributed by atoms with E-state index in [1.54, 1.807) is 30.0 Å². The average molecular weight is 601 g/mol. The third kappa shape index (κ3) is 5.86. The monoisotopic (exact) mass is 600 g/mol. The lowest BCUT2D eigenvalue weighted by molar-refractivity contribution is 0.0526. The summed E-state index contributed by atoms with van der Waals surface area (Å²) in [7, 11) is 0. The molecule has 6 rings (SSSR count). The topological polar surface area (TPSA) is 86.1 Å². The van der Waals surface area contributed by atoms with E-state index in [1.165, 1.54) is 16.2 Å². The van der Waals surface area contributed by atoms with Gasteiger partial charge in [-0.2, -0.15) is 0 Å². The molecule has 3 aromatic heterocycles. The van der Waals surface area contributed by atoms with Gasteiger partial charge in [0.15, 0.2) is 11.0 Å². The van der Waals surface area contributed by atoms with Crippen molar-refractivity contribution in [1.29, 1.82) is 0 Å². The third-order valence-electron chi connectivity index (χ3n) is 6.85. The van der Waals surface area contributed by atoms with Gasteiger partial charge in [0.05, 0.1) is 17.0 Å². The van der Waals surface area contributed by atoms with Crippen LogP contribution in [0.2, 0.25) is 0 Å². The smallest absolute Gasteiger partial charge is 0.341 e. The van der Waals surface area contributed by atoms with E-state index in [4.69, 9.17) is 4.74 Å². The predicted octanol–water partition coefficient (Wildman–Crippen LogP) is 7.66. The first-order chi connectivity index (χ1) is 20.1. The second-order valence-electron chi connectivity index (χ2n) is 9.53. The van der Waals surface area contributed by atoms with Crippen LogP contribution in [0.4, 0.5) is 5.00 Å². The van der Waals surface area contributed by atoms with Crippen LogP contribution in [-0.4, -0.2) is 33.2 Å². The lowest BCUT2D eigenvalue weighted by Gasteiger charge is -2.12. The Labute approximate surface area is 250 Å². The molecule has 5 aromatic rings. The van der Waals surface area contributed by atoms with Crippen LogP contribution in [0.15, 0.2) is 77.3 Å². The quantitative estimate of drug-likeness (QED) is 0.138. The molecule has 0 aliphatic heterocycles. The van der Waals surface area contributed by atoms with E-state index in [-0.39, 0.29) is 11.9 Å². The highest BCUT2D eigenvalue weighted by Gasteiger charge is 2.27. The van der Waals surface area contributed by atoms with E-state index >= 15 is 0 Å². The standard InChI is InChI=1S/C31H28N4O3S3/c1-2-38-30(37)26-23-11-6-7-12-24(23)41-29(26)32-28(36)21-16-14-20(15-17-21)19-40-31-34-33-27(25-13-8-18-39-25)35(31)22-9-4-3-5-10-22/h3-5,8-10,13-18H,2,6-7,11-12,19H2,1H3,(H,32,36). The van der Waals surface area contributed by atoms with Crippen LogP contribution in [0.5, 0.6) is 0 Å². The van der Waals surface area contributed by atoms with E-state index in [2.05, 4.69) is 32.2 Å². The zero-order valence-corrected chi connectivity index (χ0v) is 24.9. The van der Waals surface area contributed by atoms with Crippen LogP contribution in [0.1, 0.15) is 56.5 Å². The van der Waals surface area contributed by atoms with Gasteiger partial charge in [0.25, 0.3) is 5.91 Å². The molecule has 1 amide bonds. The fraction of sp³-hybridized carbons (Fsp3) is 0.226. The Morgan fingerprint density at radius 2 is 1.80 bits per heavy atom. The highest BCUT2D eigenvalue weighted by Crippen LogP contribution is 2.39. The van der Waals surface area contributed by atoms with Crippen molar-refractivity contribution in [3.8, 4) is 16.4 Å². The Bertz CT molecular complexity index is 1660. The molecular weight excluding hydrogens is 573 g/mol. The number of aromatic nitrogens is 3. The molecule has 2 aromatic carbocycles. The Hall–Kier alpha value is -3.73. The Morgan fingerprint density at radius 3 is 2.56 bits per heavy atom. The maximum atomic E-state index is 13.2. The summed E-state index contributed by atoms with van der Waals surface area (Å²) >= 11 is 4.73. The summed E-state index contributed by atoms with van der Waals surface area (Å²) in [6.07, 6.45) is 3.91. The Morgan fingerprint density at radius 1 is 1.00 bits per heavy atom. The average Bonchev–Trinajstić information content (AvgIpc) is 3.75. The summed E-state index contributed by atoms with van der Waals surface area (Å²) in [5, 5.41) is 15.4. The SMILES string of the molecule is CCOC(=O)c1c(NC(=O)c2ccc(CSc3nnc(-c4cccs4)n3-c3ccccc3)cc2)sc2c1CCCC2. The van der Waals surface area contributed by atoms with Crippen molar-refractivity contribution in [3.05, 3.63) is 99.2 Å².